The zero-order chi connectivity index (χ0) is 26.1. The third-order valence-electron chi connectivity index (χ3n) is 5.40. The molecule has 1 fully saturated rings. The van der Waals surface area contributed by atoms with Gasteiger partial charge in [0.2, 0.25) is 0 Å². The predicted octanol–water partition coefficient (Wildman–Crippen LogP) is 6.09. The number of hydrogen-bond donors (Lipinski definition) is 2. The van der Waals surface area contributed by atoms with E-state index in [4.69, 9.17) is 10.8 Å². The molecule has 0 radical (unpaired) electrons. The fourth-order valence-corrected chi connectivity index (χ4v) is 3.77. The Labute approximate surface area is 193 Å². The molecule has 1 aliphatic rings. The van der Waals surface area contributed by atoms with E-state index in [2.05, 4.69) is 4.99 Å². The van der Waals surface area contributed by atoms with Gasteiger partial charge in [-0.1, -0.05) is 6.07 Å². The maximum absolute atomic E-state index is 14.5. The standard InChI is InChI=1S/C23H17F7N2O3/c24-16-10-11(21(34)35)8-9-12(16)19(31)13-4-1-2-7-17(13)32-20(33)18-14(22(25,26)27)5-3-6-15(18)23(28,29)30/h3,5-6,8-10H,1-2,4,7,31H2,(H,34,35). The van der Waals surface area contributed by atoms with Gasteiger partial charge in [0, 0.05) is 17.0 Å². The van der Waals surface area contributed by atoms with Crippen molar-refractivity contribution in [3.05, 3.63) is 75.6 Å². The van der Waals surface area contributed by atoms with Crippen molar-refractivity contribution >= 4 is 23.3 Å². The molecule has 0 unspecified atom stereocenters. The molecule has 1 amide bonds. The van der Waals surface area contributed by atoms with Crippen LogP contribution in [-0.2, 0) is 12.4 Å². The number of alkyl halides is 6. The Morgan fingerprint density at radius 3 is 2.00 bits per heavy atom. The largest absolute Gasteiger partial charge is 0.478 e. The number of aromatic carboxylic acids is 1. The first-order valence-corrected chi connectivity index (χ1v) is 10.1. The molecule has 0 aromatic heterocycles. The Hall–Kier alpha value is -3.70. The van der Waals surface area contributed by atoms with Crippen LogP contribution in [-0.4, -0.2) is 22.7 Å². The Morgan fingerprint density at radius 2 is 1.49 bits per heavy atom. The Balaban J connectivity index is 2.15. The van der Waals surface area contributed by atoms with Gasteiger partial charge >= 0.3 is 18.3 Å². The van der Waals surface area contributed by atoms with Gasteiger partial charge < -0.3 is 10.8 Å². The van der Waals surface area contributed by atoms with Crippen LogP contribution in [0.2, 0.25) is 0 Å². The molecular weight excluding hydrogens is 485 g/mol. The van der Waals surface area contributed by atoms with Crippen LogP contribution in [0.4, 0.5) is 30.7 Å². The fraction of sp³-hybridized carbons (Fsp3) is 0.261. The highest BCUT2D eigenvalue weighted by atomic mass is 19.4. The smallest absolute Gasteiger partial charge is 0.417 e. The number of allylic oxidation sites excluding steroid dienone is 1. The first-order chi connectivity index (χ1) is 16.2. The average molecular weight is 502 g/mol. The molecule has 2 aromatic rings. The lowest BCUT2D eigenvalue weighted by Crippen LogP contribution is -2.21. The number of benzene rings is 2. The summed E-state index contributed by atoms with van der Waals surface area (Å²) in [7, 11) is 0. The van der Waals surface area contributed by atoms with E-state index in [1.165, 1.54) is 0 Å². The minimum atomic E-state index is -5.26. The topological polar surface area (TPSA) is 92.8 Å². The molecule has 1 saturated carbocycles. The minimum Gasteiger partial charge on any atom is -0.478 e. The molecule has 0 aliphatic heterocycles. The molecule has 3 N–H and O–H groups in total. The van der Waals surface area contributed by atoms with E-state index in [1.54, 1.807) is 0 Å². The van der Waals surface area contributed by atoms with E-state index in [0.717, 1.165) is 12.1 Å². The van der Waals surface area contributed by atoms with Crippen LogP contribution < -0.4 is 5.73 Å². The van der Waals surface area contributed by atoms with Crippen molar-refractivity contribution in [2.24, 2.45) is 10.7 Å². The molecule has 0 heterocycles. The van der Waals surface area contributed by atoms with Crippen LogP contribution in [0.25, 0.3) is 5.70 Å². The first-order valence-electron chi connectivity index (χ1n) is 10.1. The number of nitrogens with zero attached hydrogens (tertiary/aromatic N) is 1. The summed E-state index contributed by atoms with van der Waals surface area (Å²) in [6.45, 7) is 0. The molecule has 0 saturated heterocycles. The third kappa shape index (κ3) is 5.52. The number of carboxylic acid groups (broad SMARTS) is 1. The van der Waals surface area contributed by atoms with Crippen LogP contribution in [0, 0.1) is 5.82 Å². The van der Waals surface area contributed by atoms with Gasteiger partial charge in [0.15, 0.2) is 0 Å². The van der Waals surface area contributed by atoms with Gasteiger partial charge in [-0.25, -0.2) is 14.2 Å². The number of nitrogens with two attached hydrogens (primary N) is 1. The number of hydrogen-bond acceptors (Lipinski definition) is 3. The lowest BCUT2D eigenvalue weighted by Gasteiger charge is -2.21. The van der Waals surface area contributed by atoms with Gasteiger partial charge in [-0.2, -0.15) is 26.3 Å². The van der Waals surface area contributed by atoms with Crippen LogP contribution >= 0.6 is 0 Å². The molecule has 0 spiro atoms. The number of aliphatic imine (C=N–C) groups is 1. The predicted molar refractivity (Wildman–Crippen MR) is 111 cm³/mol. The monoisotopic (exact) mass is 502 g/mol. The van der Waals surface area contributed by atoms with E-state index in [-0.39, 0.29) is 41.0 Å². The van der Waals surface area contributed by atoms with Crippen LogP contribution in [0.1, 0.15) is 63.1 Å². The summed E-state index contributed by atoms with van der Waals surface area (Å²) in [5, 5.41) is 8.97. The van der Waals surface area contributed by atoms with E-state index >= 15 is 0 Å². The number of carbonyl (C=O) groups is 2. The maximum Gasteiger partial charge on any atom is 0.417 e. The van der Waals surface area contributed by atoms with Crippen LogP contribution in [0.15, 0.2) is 47.0 Å². The van der Waals surface area contributed by atoms with Crippen LogP contribution in [0.5, 0.6) is 0 Å². The number of halogens is 7. The van der Waals surface area contributed by atoms with E-state index in [0.29, 0.717) is 37.1 Å². The Morgan fingerprint density at radius 1 is 0.914 bits per heavy atom. The van der Waals surface area contributed by atoms with Gasteiger partial charge in [0.1, 0.15) is 5.82 Å². The molecular formula is C23H17F7N2O3. The van der Waals surface area contributed by atoms with E-state index < -0.39 is 46.7 Å². The summed E-state index contributed by atoms with van der Waals surface area (Å²) in [4.78, 5) is 27.3. The number of carboxylic acids is 1. The lowest BCUT2D eigenvalue weighted by atomic mass is 9.89. The van der Waals surface area contributed by atoms with Crippen molar-refractivity contribution < 1.29 is 45.4 Å². The third-order valence-corrected chi connectivity index (χ3v) is 5.40. The highest BCUT2D eigenvalue weighted by Crippen LogP contribution is 2.40. The molecule has 12 heteroatoms. The molecule has 5 nitrogen and oxygen atoms in total. The molecule has 35 heavy (non-hydrogen) atoms. The van der Waals surface area contributed by atoms with Crippen molar-refractivity contribution in [2.45, 2.75) is 38.0 Å². The van der Waals surface area contributed by atoms with Gasteiger partial charge in [-0.3, -0.25) is 4.79 Å². The minimum absolute atomic E-state index is 0.00609. The van der Waals surface area contributed by atoms with Gasteiger partial charge in [-0.05, 0) is 61.6 Å². The second kappa shape index (κ2) is 9.51. The van der Waals surface area contributed by atoms with Crippen molar-refractivity contribution in [1.29, 1.82) is 0 Å². The average Bonchev–Trinajstić information content (AvgIpc) is 2.77. The maximum atomic E-state index is 14.5. The van der Waals surface area contributed by atoms with Gasteiger partial charge in [-0.15, -0.1) is 0 Å². The zero-order valence-corrected chi connectivity index (χ0v) is 17.7. The van der Waals surface area contributed by atoms with Crippen molar-refractivity contribution in [3.63, 3.8) is 0 Å². The van der Waals surface area contributed by atoms with Gasteiger partial charge in [0.25, 0.3) is 5.91 Å². The van der Waals surface area contributed by atoms with Gasteiger partial charge in [0.05, 0.1) is 22.3 Å². The van der Waals surface area contributed by atoms with Crippen molar-refractivity contribution in [2.75, 3.05) is 0 Å². The number of amides is 1. The summed E-state index contributed by atoms with van der Waals surface area (Å²) in [6.07, 6.45) is -9.48. The molecule has 186 valence electrons. The highest BCUT2D eigenvalue weighted by Gasteiger charge is 2.43. The summed E-state index contributed by atoms with van der Waals surface area (Å²) >= 11 is 0. The lowest BCUT2D eigenvalue weighted by molar-refractivity contribution is -0.143. The first kappa shape index (κ1) is 25.9. The van der Waals surface area contributed by atoms with Crippen LogP contribution in [0.3, 0.4) is 0 Å². The summed E-state index contributed by atoms with van der Waals surface area (Å²) < 4.78 is 95.1. The molecule has 2 aromatic carbocycles. The summed E-state index contributed by atoms with van der Waals surface area (Å²) in [6, 6.07) is 4.13. The Kier molecular flexibility index (Phi) is 7.04. The summed E-state index contributed by atoms with van der Waals surface area (Å²) in [5.74, 6) is -4.15. The van der Waals surface area contributed by atoms with E-state index in [1.807, 2.05) is 0 Å². The second-order valence-corrected chi connectivity index (χ2v) is 7.69. The fourth-order valence-electron chi connectivity index (χ4n) is 3.77. The molecule has 1 aliphatic carbocycles. The zero-order valence-electron chi connectivity index (χ0n) is 17.7. The number of carbonyl (C=O) groups excluding carboxylic acids is 1. The Bertz CT molecular complexity index is 1210. The van der Waals surface area contributed by atoms with Crippen molar-refractivity contribution in [1.82, 2.24) is 0 Å². The summed E-state index contributed by atoms with van der Waals surface area (Å²) in [5.41, 5.74) is -0.0869. The molecule has 0 atom stereocenters. The quantitative estimate of drug-likeness (QED) is 0.497. The van der Waals surface area contributed by atoms with Crippen molar-refractivity contribution in [3.8, 4) is 0 Å². The number of rotatable bonds is 3. The van der Waals surface area contributed by atoms with E-state index in [9.17, 15) is 40.3 Å². The normalized spacial score (nSPS) is 17.4. The SMILES string of the molecule is NC(=C1CCCCC1=NC(=O)c1c(C(F)(F)F)cccc1C(F)(F)F)c1ccc(C(=O)O)cc1F. The molecule has 3 rings (SSSR count). The highest BCUT2D eigenvalue weighted by molar-refractivity contribution is 6.14. The second-order valence-electron chi connectivity index (χ2n) is 7.69. The molecule has 0 bridgehead atoms.